The Morgan fingerprint density at radius 2 is 1.86 bits per heavy atom. The summed E-state index contributed by atoms with van der Waals surface area (Å²) in [6.07, 6.45) is 4.90. The van der Waals surface area contributed by atoms with Crippen molar-refractivity contribution in [2.45, 2.75) is 13.3 Å². The highest BCUT2D eigenvalue weighted by Crippen LogP contribution is 2.52. The number of aromatic nitrogens is 3. The van der Waals surface area contributed by atoms with E-state index in [9.17, 15) is 19.2 Å². The van der Waals surface area contributed by atoms with Crippen LogP contribution in [0.5, 0.6) is 0 Å². The number of hydrogen-bond donors (Lipinski definition) is 3. The maximum Gasteiger partial charge on any atom is 0.340 e. The molecule has 1 aromatic carbocycles. The summed E-state index contributed by atoms with van der Waals surface area (Å²) in [4.78, 5) is 53.0. The Hall–Kier alpha value is -3.49. The molecular formula is C20H19N5O4. The number of likely N-dealkylation sites (tertiary alicyclic amines) is 1. The van der Waals surface area contributed by atoms with Crippen LogP contribution in [0, 0.1) is 30.6 Å². The Bertz CT molecular complexity index is 1100. The van der Waals surface area contributed by atoms with Gasteiger partial charge in [0.1, 0.15) is 6.54 Å². The van der Waals surface area contributed by atoms with E-state index < -0.39 is 11.6 Å². The Morgan fingerprint density at radius 3 is 2.48 bits per heavy atom. The average molecular weight is 393 g/mol. The van der Waals surface area contributed by atoms with Crippen molar-refractivity contribution >= 4 is 23.4 Å². The first-order chi connectivity index (χ1) is 13.9. The summed E-state index contributed by atoms with van der Waals surface area (Å²) in [5, 5.41) is 8.95. The lowest BCUT2D eigenvalue weighted by Crippen LogP contribution is -2.39. The van der Waals surface area contributed by atoms with Crippen LogP contribution in [0.2, 0.25) is 0 Å². The average Bonchev–Trinajstić information content (AvgIpc) is 3.45. The van der Waals surface area contributed by atoms with Gasteiger partial charge >= 0.3 is 5.69 Å². The molecule has 4 unspecified atom stereocenters. The normalized spacial score (nSPS) is 27.0. The Balaban J connectivity index is 1.32. The third kappa shape index (κ3) is 2.72. The highest BCUT2D eigenvalue weighted by atomic mass is 16.2. The second kappa shape index (κ2) is 6.26. The number of benzene rings is 1. The van der Waals surface area contributed by atoms with Crippen LogP contribution in [0.4, 0.5) is 5.69 Å². The minimum absolute atomic E-state index is 0.115. The molecule has 3 amide bonds. The van der Waals surface area contributed by atoms with Gasteiger partial charge in [-0.3, -0.25) is 24.3 Å². The molecule has 148 valence electrons. The third-order valence-corrected chi connectivity index (χ3v) is 6.15. The number of aryl methyl sites for hydroxylation is 1. The quantitative estimate of drug-likeness (QED) is 0.523. The number of rotatable bonds is 4. The molecule has 2 aliphatic carbocycles. The second-order valence-electron chi connectivity index (χ2n) is 7.87. The standard InChI is InChI=1S/C20H19N5O4/c1-9-2-3-12(17-22-20(29)24-23-17)7-13(9)21-14(26)8-25-18(27)15-10-4-5-11(6-10)16(15)19(25)28/h2-5,7,10-11,15-16H,6,8H2,1H3,(H,21,26)(H2,22,23,24,29). The van der Waals surface area contributed by atoms with Gasteiger partial charge < -0.3 is 5.32 Å². The fraction of sp³-hybridized carbons (Fsp3) is 0.350. The molecule has 0 spiro atoms. The molecule has 9 heteroatoms. The van der Waals surface area contributed by atoms with E-state index in [-0.39, 0.29) is 42.0 Å². The summed E-state index contributed by atoms with van der Waals surface area (Å²) in [5.41, 5.74) is 1.52. The van der Waals surface area contributed by atoms with E-state index in [1.165, 1.54) is 0 Å². The summed E-state index contributed by atoms with van der Waals surface area (Å²) in [7, 11) is 0. The van der Waals surface area contributed by atoms with Gasteiger partial charge in [0.15, 0.2) is 5.82 Å². The van der Waals surface area contributed by atoms with Gasteiger partial charge in [-0.2, -0.15) is 5.10 Å². The molecule has 5 rings (SSSR count). The Morgan fingerprint density at radius 1 is 1.17 bits per heavy atom. The number of H-pyrrole nitrogens is 2. The van der Waals surface area contributed by atoms with Gasteiger partial charge in [-0.05, 0) is 36.8 Å². The van der Waals surface area contributed by atoms with E-state index >= 15 is 0 Å². The van der Waals surface area contributed by atoms with Gasteiger partial charge in [0.25, 0.3) is 0 Å². The lowest BCUT2D eigenvalue weighted by molar-refractivity contribution is -0.143. The highest BCUT2D eigenvalue weighted by Gasteiger charge is 2.59. The molecule has 1 aliphatic heterocycles. The van der Waals surface area contributed by atoms with Gasteiger partial charge in [-0.25, -0.2) is 9.89 Å². The van der Waals surface area contributed by atoms with E-state index in [2.05, 4.69) is 20.5 Å². The van der Waals surface area contributed by atoms with Crippen molar-refractivity contribution in [3.63, 3.8) is 0 Å². The van der Waals surface area contributed by atoms with Crippen LogP contribution < -0.4 is 11.0 Å². The molecule has 29 heavy (non-hydrogen) atoms. The number of allylic oxidation sites excluding steroid dienone is 2. The number of amides is 3. The predicted octanol–water partition coefficient (Wildman–Crippen LogP) is 0.819. The summed E-state index contributed by atoms with van der Waals surface area (Å²) in [5.74, 6) is -0.973. The third-order valence-electron chi connectivity index (χ3n) is 6.15. The lowest BCUT2D eigenvalue weighted by atomic mass is 9.85. The molecule has 1 aromatic heterocycles. The molecule has 3 aliphatic rings. The summed E-state index contributed by atoms with van der Waals surface area (Å²) in [6.45, 7) is 1.53. The monoisotopic (exact) mass is 393 g/mol. The predicted molar refractivity (Wildman–Crippen MR) is 102 cm³/mol. The number of nitrogens with zero attached hydrogens (tertiary/aromatic N) is 2. The van der Waals surface area contributed by atoms with Crippen molar-refractivity contribution in [3.8, 4) is 11.4 Å². The first-order valence-electron chi connectivity index (χ1n) is 9.51. The van der Waals surface area contributed by atoms with Crippen LogP contribution in [0.15, 0.2) is 35.1 Å². The summed E-state index contributed by atoms with van der Waals surface area (Å²) >= 11 is 0. The molecule has 9 nitrogen and oxygen atoms in total. The molecule has 2 aromatic rings. The van der Waals surface area contributed by atoms with Crippen molar-refractivity contribution in [1.82, 2.24) is 20.1 Å². The lowest BCUT2D eigenvalue weighted by Gasteiger charge is -2.17. The van der Waals surface area contributed by atoms with Gasteiger partial charge in [0, 0.05) is 11.3 Å². The van der Waals surface area contributed by atoms with Crippen LogP contribution in [0.1, 0.15) is 12.0 Å². The first kappa shape index (κ1) is 17.6. The Labute approximate surface area is 165 Å². The maximum absolute atomic E-state index is 12.7. The van der Waals surface area contributed by atoms with E-state index in [0.29, 0.717) is 17.1 Å². The highest BCUT2D eigenvalue weighted by molar-refractivity contribution is 6.09. The van der Waals surface area contributed by atoms with Gasteiger partial charge in [0.2, 0.25) is 17.7 Å². The van der Waals surface area contributed by atoms with Crippen molar-refractivity contribution in [3.05, 3.63) is 46.4 Å². The second-order valence-corrected chi connectivity index (χ2v) is 7.87. The van der Waals surface area contributed by atoms with Crippen LogP contribution in [-0.2, 0) is 14.4 Å². The van der Waals surface area contributed by atoms with Crippen molar-refractivity contribution < 1.29 is 14.4 Å². The number of anilines is 1. The van der Waals surface area contributed by atoms with Crippen molar-refractivity contribution in [1.29, 1.82) is 0 Å². The van der Waals surface area contributed by atoms with E-state index in [4.69, 9.17) is 0 Å². The molecule has 2 fully saturated rings. The van der Waals surface area contributed by atoms with Crippen LogP contribution in [0.3, 0.4) is 0 Å². The van der Waals surface area contributed by atoms with Crippen LogP contribution in [-0.4, -0.2) is 44.3 Å². The molecular weight excluding hydrogens is 374 g/mol. The number of aromatic amines is 2. The first-order valence-corrected chi connectivity index (χ1v) is 9.51. The molecule has 2 heterocycles. The van der Waals surface area contributed by atoms with Gasteiger partial charge in [0.05, 0.1) is 11.8 Å². The number of fused-ring (bicyclic) bond motifs is 5. The maximum atomic E-state index is 12.7. The number of nitrogens with one attached hydrogen (secondary N) is 3. The topological polar surface area (TPSA) is 128 Å². The SMILES string of the molecule is Cc1ccc(-c2n[nH]c(=O)[nH]2)cc1NC(=O)CN1C(=O)C2C3C=CC(C3)C2C1=O. The zero-order valence-corrected chi connectivity index (χ0v) is 15.6. The number of imide groups is 1. The molecule has 0 radical (unpaired) electrons. The smallest absolute Gasteiger partial charge is 0.324 e. The number of carbonyl (C=O) groups excluding carboxylic acids is 3. The van der Waals surface area contributed by atoms with E-state index in [0.717, 1.165) is 16.9 Å². The van der Waals surface area contributed by atoms with Crippen molar-refractivity contribution in [2.75, 3.05) is 11.9 Å². The van der Waals surface area contributed by atoms with Crippen LogP contribution in [0.25, 0.3) is 11.4 Å². The molecule has 1 saturated heterocycles. The van der Waals surface area contributed by atoms with Gasteiger partial charge in [-0.1, -0.05) is 24.3 Å². The number of hydrogen-bond acceptors (Lipinski definition) is 5. The van der Waals surface area contributed by atoms with E-state index in [1.54, 1.807) is 18.2 Å². The van der Waals surface area contributed by atoms with Gasteiger partial charge in [-0.15, -0.1) is 0 Å². The summed E-state index contributed by atoms with van der Waals surface area (Å²) < 4.78 is 0. The van der Waals surface area contributed by atoms with Crippen molar-refractivity contribution in [2.24, 2.45) is 23.7 Å². The molecule has 2 bridgehead atoms. The number of carbonyl (C=O) groups is 3. The molecule has 3 N–H and O–H groups in total. The zero-order chi connectivity index (χ0) is 20.3. The molecule has 4 atom stereocenters. The fourth-order valence-corrected chi connectivity index (χ4v) is 4.76. The minimum atomic E-state index is -0.442. The fourth-order valence-electron chi connectivity index (χ4n) is 4.76. The Kier molecular flexibility index (Phi) is 3.80. The summed E-state index contributed by atoms with van der Waals surface area (Å²) in [6, 6.07) is 5.25. The zero-order valence-electron chi connectivity index (χ0n) is 15.6. The largest absolute Gasteiger partial charge is 0.340 e. The van der Waals surface area contributed by atoms with Crippen LogP contribution >= 0.6 is 0 Å². The van der Waals surface area contributed by atoms with E-state index in [1.807, 2.05) is 19.1 Å². The minimum Gasteiger partial charge on any atom is -0.324 e. The molecule has 1 saturated carbocycles.